The second kappa shape index (κ2) is 6.80. The highest BCUT2D eigenvalue weighted by Gasteiger charge is 2.28. The molecule has 0 unspecified atom stereocenters. The zero-order chi connectivity index (χ0) is 18.0. The van der Waals surface area contributed by atoms with Gasteiger partial charge in [0.2, 0.25) is 0 Å². The second-order valence-electron chi connectivity index (χ2n) is 5.74. The number of aromatic hydroxyl groups is 2. The average Bonchev–Trinajstić information content (AvgIpc) is 2.63. The normalized spacial score (nSPS) is 14.4. The Morgan fingerprint density at radius 2 is 1.32 bits per heavy atom. The van der Waals surface area contributed by atoms with Crippen LogP contribution in [0.15, 0.2) is 42.5 Å². The molecule has 0 bridgehead atoms. The molecule has 2 aromatic carbocycles. The quantitative estimate of drug-likeness (QED) is 0.815. The largest absolute Gasteiger partial charge is 0.504 e. The molecule has 7 heteroatoms. The van der Waals surface area contributed by atoms with E-state index in [0.717, 1.165) is 0 Å². The molecule has 0 radical (unpaired) electrons. The maximum absolute atomic E-state index is 13.7. The topological polar surface area (TPSA) is 81.1 Å². The van der Waals surface area contributed by atoms with Gasteiger partial charge in [0.15, 0.2) is 11.5 Å². The summed E-state index contributed by atoms with van der Waals surface area (Å²) in [4.78, 5) is 27.8. The van der Waals surface area contributed by atoms with Crippen molar-refractivity contribution in [2.75, 3.05) is 26.2 Å². The molecule has 1 saturated heterocycles. The van der Waals surface area contributed by atoms with Gasteiger partial charge in [0.25, 0.3) is 11.8 Å². The molecule has 0 saturated carbocycles. The maximum atomic E-state index is 13.7. The standard InChI is InChI=1S/C18H17FN2O4/c19-14-6-2-1-4-12(14)17(24)20-8-10-21(11-9-20)18(25)13-5-3-7-15(22)16(13)23/h1-7,22-23H,8-11H2. The molecular formula is C18H17FN2O4. The Labute approximate surface area is 143 Å². The van der Waals surface area contributed by atoms with Crippen LogP contribution in [0.3, 0.4) is 0 Å². The van der Waals surface area contributed by atoms with E-state index in [1.807, 2.05) is 0 Å². The fraction of sp³-hybridized carbons (Fsp3) is 0.222. The first-order chi connectivity index (χ1) is 12.0. The number of benzene rings is 2. The zero-order valence-corrected chi connectivity index (χ0v) is 13.4. The number of amides is 2. The summed E-state index contributed by atoms with van der Waals surface area (Å²) in [6.45, 7) is 1.04. The Hall–Kier alpha value is -3.09. The number of halogens is 1. The Bertz CT molecular complexity index is 816. The third-order valence-corrected chi connectivity index (χ3v) is 4.20. The molecule has 6 nitrogen and oxygen atoms in total. The van der Waals surface area contributed by atoms with Crippen LogP contribution in [-0.4, -0.2) is 58.0 Å². The third-order valence-electron chi connectivity index (χ3n) is 4.20. The summed E-state index contributed by atoms with van der Waals surface area (Å²) < 4.78 is 13.7. The van der Waals surface area contributed by atoms with Crippen molar-refractivity contribution >= 4 is 11.8 Å². The maximum Gasteiger partial charge on any atom is 0.257 e. The zero-order valence-electron chi connectivity index (χ0n) is 13.4. The van der Waals surface area contributed by atoms with Crippen LogP contribution in [0, 0.1) is 5.82 Å². The highest BCUT2D eigenvalue weighted by molar-refractivity contribution is 5.98. The lowest BCUT2D eigenvalue weighted by Crippen LogP contribution is -2.50. The van der Waals surface area contributed by atoms with Crippen LogP contribution in [-0.2, 0) is 0 Å². The van der Waals surface area contributed by atoms with Crippen LogP contribution in [0.25, 0.3) is 0 Å². The van der Waals surface area contributed by atoms with Gasteiger partial charge in [0.1, 0.15) is 5.82 Å². The predicted octanol–water partition coefficient (Wildman–Crippen LogP) is 1.84. The summed E-state index contributed by atoms with van der Waals surface area (Å²) in [5.74, 6) is -2.23. The van der Waals surface area contributed by atoms with E-state index >= 15 is 0 Å². The van der Waals surface area contributed by atoms with Crippen molar-refractivity contribution in [3.05, 3.63) is 59.4 Å². The minimum absolute atomic E-state index is 0.00732. The number of phenols is 2. The monoisotopic (exact) mass is 344 g/mol. The van der Waals surface area contributed by atoms with Crippen molar-refractivity contribution in [3.8, 4) is 11.5 Å². The van der Waals surface area contributed by atoms with Crippen molar-refractivity contribution < 1.29 is 24.2 Å². The van der Waals surface area contributed by atoms with Crippen LogP contribution in [0.5, 0.6) is 11.5 Å². The number of hydrogen-bond donors (Lipinski definition) is 2. The number of rotatable bonds is 2. The van der Waals surface area contributed by atoms with Crippen molar-refractivity contribution in [1.82, 2.24) is 9.80 Å². The molecule has 0 aliphatic carbocycles. The molecule has 25 heavy (non-hydrogen) atoms. The average molecular weight is 344 g/mol. The minimum atomic E-state index is -0.573. The van der Waals surface area contributed by atoms with E-state index in [2.05, 4.69) is 0 Å². The molecule has 3 rings (SSSR count). The van der Waals surface area contributed by atoms with Gasteiger partial charge in [-0.05, 0) is 24.3 Å². The van der Waals surface area contributed by atoms with Gasteiger partial charge >= 0.3 is 0 Å². The first kappa shape index (κ1) is 16.8. The Morgan fingerprint density at radius 3 is 1.92 bits per heavy atom. The number of piperazine rings is 1. The van der Waals surface area contributed by atoms with E-state index in [1.165, 1.54) is 46.2 Å². The summed E-state index contributed by atoms with van der Waals surface area (Å²) in [6.07, 6.45) is 0. The number of para-hydroxylation sites is 1. The van der Waals surface area contributed by atoms with Gasteiger partial charge < -0.3 is 20.0 Å². The molecule has 1 heterocycles. The molecule has 2 aromatic rings. The van der Waals surface area contributed by atoms with E-state index in [9.17, 15) is 24.2 Å². The minimum Gasteiger partial charge on any atom is -0.504 e. The third kappa shape index (κ3) is 3.26. The second-order valence-corrected chi connectivity index (χ2v) is 5.74. The van der Waals surface area contributed by atoms with Gasteiger partial charge in [-0.1, -0.05) is 18.2 Å². The van der Waals surface area contributed by atoms with Gasteiger partial charge in [-0.25, -0.2) is 4.39 Å². The number of phenolic OH excluding ortho intramolecular Hbond substituents is 2. The van der Waals surface area contributed by atoms with Crippen molar-refractivity contribution in [1.29, 1.82) is 0 Å². The van der Waals surface area contributed by atoms with Crippen LogP contribution in [0.2, 0.25) is 0 Å². The lowest BCUT2D eigenvalue weighted by molar-refractivity contribution is 0.0530. The van der Waals surface area contributed by atoms with Crippen molar-refractivity contribution in [3.63, 3.8) is 0 Å². The smallest absolute Gasteiger partial charge is 0.257 e. The van der Waals surface area contributed by atoms with Gasteiger partial charge in [-0.2, -0.15) is 0 Å². The van der Waals surface area contributed by atoms with Crippen LogP contribution < -0.4 is 0 Å². The summed E-state index contributed by atoms with van der Waals surface area (Å²) in [6, 6.07) is 9.97. The predicted molar refractivity (Wildman–Crippen MR) is 88.0 cm³/mol. The van der Waals surface area contributed by atoms with Crippen molar-refractivity contribution in [2.24, 2.45) is 0 Å². The van der Waals surface area contributed by atoms with Crippen molar-refractivity contribution in [2.45, 2.75) is 0 Å². The SMILES string of the molecule is O=C(c1ccccc1F)N1CCN(C(=O)c2cccc(O)c2O)CC1. The Morgan fingerprint density at radius 1 is 0.800 bits per heavy atom. The molecule has 2 amide bonds. The lowest BCUT2D eigenvalue weighted by atomic mass is 10.1. The number of hydrogen-bond acceptors (Lipinski definition) is 4. The number of nitrogens with zero attached hydrogens (tertiary/aromatic N) is 2. The van der Waals surface area contributed by atoms with E-state index in [0.29, 0.717) is 0 Å². The molecule has 2 N–H and O–H groups in total. The highest BCUT2D eigenvalue weighted by atomic mass is 19.1. The van der Waals surface area contributed by atoms with Crippen LogP contribution in [0.1, 0.15) is 20.7 Å². The van der Waals surface area contributed by atoms with Gasteiger partial charge in [-0.3, -0.25) is 9.59 Å². The van der Waals surface area contributed by atoms with Crippen LogP contribution in [0.4, 0.5) is 4.39 Å². The molecule has 0 aromatic heterocycles. The summed E-state index contributed by atoms with van der Waals surface area (Å²) in [5, 5.41) is 19.3. The molecule has 130 valence electrons. The van der Waals surface area contributed by atoms with E-state index in [4.69, 9.17) is 0 Å². The fourth-order valence-electron chi connectivity index (χ4n) is 2.79. The highest BCUT2D eigenvalue weighted by Crippen LogP contribution is 2.29. The first-order valence-electron chi connectivity index (χ1n) is 7.83. The summed E-state index contributed by atoms with van der Waals surface area (Å²) in [5.41, 5.74) is 0.0155. The van der Waals surface area contributed by atoms with Gasteiger partial charge in [0, 0.05) is 26.2 Å². The number of carbonyl (C=O) groups is 2. The van der Waals surface area contributed by atoms with Gasteiger partial charge in [0.05, 0.1) is 11.1 Å². The summed E-state index contributed by atoms with van der Waals surface area (Å²) >= 11 is 0. The van der Waals surface area contributed by atoms with E-state index in [1.54, 1.807) is 6.07 Å². The first-order valence-corrected chi connectivity index (χ1v) is 7.83. The molecule has 1 aliphatic rings. The molecule has 1 aliphatic heterocycles. The van der Waals surface area contributed by atoms with Crippen LogP contribution >= 0.6 is 0 Å². The lowest BCUT2D eigenvalue weighted by Gasteiger charge is -2.35. The molecule has 0 atom stereocenters. The molecular weight excluding hydrogens is 327 g/mol. The molecule has 1 fully saturated rings. The Balaban J connectivity index is 1.68. The summed E-state index contributed by atoms with van der Waals surface area (Å²) in [7, 11) is 0. The molecule has 0 spiro atoms. The van der Waals surface area contributed by atoms with E-state index in [-0.39, 0.29) is 43.1 Å². The van der Waals surface area contributed by atoms with Gasteiger partial charge in [-0.15, -0.1) is 0 Å². The number of carbonyl (C=O) groups excluding carboxylic acids is 2. The Kier molecular flexibility index (Phi) is 4.56. The fourth-order valence-corrected chi connectivity index (χ4v) is 2.79. The van der Waals surface area contributed by atoms with E-state index < -0.39 is 23.4 Å².